The van der Waals surface area contributed by atoms with Crippen LogP contribution < -0.4 is 4.90 Å². The number of fused-ring (bicyclic) bond motifs is 2. The first-order valence-corrected chi connectivity index (χ1v) is 7.82. The lowest BCUT2D eigenvalue weighted by Gasteiger charge is -2.14. The molecule has 0 fully saturated rings. The number of benzene rings is 2. The maximum atomic E-state index is 12.8. The van der Waals surface area contributed by atoms with E-state index in [1.807, 2.05) is 67.5 Å². The van der Waals surface area contributed by atoms with Crippen LogP contribution in [0.5, 0.6) is 0 Å². The minimum Gasteiger partial charge on any atom is -0.378 e. The first-order chi connectivity index (χ1) is 11.6. The number of hydrogen-bond donors (Lipinski definition) is 0. The number of nitrogens with zero attached hydrogens (tertiary/aromatic N) is 2. The average Bonchev–Trinajstić information content (AvgIpc) is 2.84. The van der Waals surface area contributed by atoms with Crippen LogP contribution in [0, 0.1) is 0 Å². The number of aromatic nitrogens is 1. The third-order valence-corrected chi connectivity index (χ3v) is 4.49. The molecule has 2 aromatic carbocycles. The van der Waals surface area contributed by atoms with Crippen molar-refractivity contribution >= 4 is 28.2 Å². The number of carbonyl (C=O) groups is 2. The second-order valence-corrected chi connectivity index (χ2v) is 6.22. The second-order valence-electron chi connectivity index (χ2n) is 6.22. The average molecular weight is 316 g/mol. The summed E-state index contributed by atoms with van der Waals surface area (Å²) in [5.41, 5.74) is 3.21. The zero-order valence-electron chi connectivity index (χ0n) is 13.5. The molecule has 0 saturated heterocycles. The molecule has 0 N–H and O–H groups in total. The number of para-hydroxylation sites is 1. The first kappa shape index (κ1) is 14.6. The molecule has 0 bridgehead atoms. The molecule has 0 unspecified atom stereocenters. The third kappa shape index (κ3) is 2.11. The smallest absolute Gasteiger partial charge is 0.197 e. The van der Waals surface area contributed by atoms with E-state index in [1.54, 1.807) is 6.07 Å². The summed E-state index contributed by atoms with van der Waals surface area (Å²) in [5, 5.41) is 0.876. The fourth-order valence-electron chi connectivity index (χ4n) is 3.17. The number of hydrogen-bond acceptors (Lipinski definition) is 4. The Morgan fingerprint density at radius 1 is 0.917 bits per heavy atom. The summed E-state index contributed by atoms with van der Waals surface area (Å²) in [4.78, 5) is 32.0. The van der Waals surface area contributed by atoms with Crippen LogP contribution in [0.1, 0.15) is 32.3 Å². The normalized spacial score (nSPS) is 16.5. The SMILES string of the molecule is CN(C)c1ccc([C@H]2C(=O)c3cc4ccccc4nc3C2=O)cc1. The number of ketones is 2. The van der Waals surface area contributed by atoms with Crippen LogP contribution in [0.15, 0.2) is 54.6 Å². The largest absolute Gasteiger partial charge is 0.378 e. The Morgan fingerprint density at radius 2 is 1.62 bits per heavy atom. The van der Waals surface area contributed by atoms with E-state index in [1.165, 1.54) is 0 Å². The highest BCUT2D eigenvalue weighted by Crippen LogP contribution is 2.35. The van der Waals surface area contributed by atoms with Gasteiger partial charge >= 0.3 is 0 Å². The van der Waals surface area contributed by atoms with Crippen LogP contribution in [-0.4, -0.2) is 30.6 Å². The van der Waals surface area contributed by atoms with Crippen molar-refractivity contribution in [3.8, 4) is 0 Å². The van der Waals surface area contributed by atoms with Crippen molar-refractivity contribution in [3.63, 3.8) is 0 Å². The van der Waals surface area contributed by atoms with E-state index >= 15 is 0 Å². The summed E-state index contributed by atoms with van der Waals surface area (Å²) in [6.45, 7) is 0. The van der Waals surface area contributed by atoms with Gasteiger partial charge in [0.25, 0.3) is 0 Å². The summed E-state index contributed by atoms with van der Waals surface area (Å²) in [6.07, 6.45) is 0. The highest BCUT2D eigenvalue weighted by atomic mass is 16.2. The standard InChI is InChI=1S/C20H16N2O2/c1-22(2)14-9-7-12(8-10-14)17-19(23)15-11-13-5-3-4-6-16(13)21-18(15)20(17)24/h3-11,17H,1-2H3/t17-/m0/s1. The minimum atomic E-state index is -0.777. The van der Waals surface area contributed by atoms with Gasteiger partial charge < -0.3 is 4.90 Å². The van der Waals surface area contributed by atoms with Crippen LogP contribution in [0.25, 0.3) is 10.9 Å². The van der Waals surface area contributed by atoms with Crippen LogP contribution in [0.3, 0.4) is 0 Å². The van der Waals surface area contributed by atoms with Gasteiger partial charge in [-0.25, -0.2) is 4.98 Å². The van der Waals surface area contributed by atoms with Crippen molar-refractivity contribution in [3.05, 3.63) is 71.4 Å². The molecule has 0 aliphatic heterocycles. The Morgan fingerprint density at radius 3 is 2.33 bits per heavy atom. The van der Waals surface area contributed by atoms with E-state index in [0.29, 0.717) is 11.3 Å². The molecule has 4 rings (SSSR count). The lowest BCUT2D eigenvalue weighted by molar-refractivity contribution is 0.0888. The highest BCUT2D eigenvalue weighted by molar-refractivity contribution is 6.29. The van der Waals surface area contributed by atoms with E-state index < -0.39 is 5.92 Å². The summed E-state index contributed by atoms with van der Waals surface area (Å²) in [7, 11) is 3.90. The quantitative estimate of drug-likeness (QED) is 0.679. The first-order valence-electron chi connectivity index (χ1n) is 7.82. The van der Waals surface area contributed by atoms with Gasteiger partial charge in [0.1, 0.15) is 11.6 Å². The van der Waals surface area contributed by atoms with Crippen molar-refractivity contribution < 1.29 is 9.59 Å². The molecule has 1 aromatic heterocycles. The molecule has 118 valence electrons. The van der Waals surface area contributed by atoms with Crippen LogP contribution >= 0.6 is 0 Å². The minimum absolute atomic E-state index is 0.161. The topological polar surface area (TPSA) is 50.3 Å². The van der Waals surface area contributed by atoms with Crippen molar-refractivity contribution in [2.24, 2.45) is 0 Å². The number of pyridine rings is 1. The molecule has 4 heteroatoms. The van der Waals surface area contributed by atoms with Crippen molar-refractivity contribution in [1.82, 2.24) is 4.98 Å². The van der Waals surface area contributed by atoms with Crippen LogP contribution in [-0.2, 0) is 0 Å². The van der Waals surface area contributed by atoms with Gasteiger partial charge in [0.2, 0.25) is 0 Å². The van der Waals surface area contributed by atoms with Crippen LogP contribution in [0.2, 0.25) is 0 Å². The molecule has 0 spiro atoms. The molecule has 1 aliphatic rings. The second kappa shape index (κ2) is 5.27. The molecule has 1 heterocycles. The predicted molar refractivity (Wildman–Crippen MR) is 93.9 cm³/mol. The van der Waals surface area contributed by atoms with E-state index in [9.17, 15) is 9.59 Å². The van der Waals surface area contributed by atoms with Gasteiger partial charge in [-0.1, -0.05) is 30.3 Å². The zero-order valence-corrected chi connectivity index (χ0v) is 13.5. The fraction of sp³-hybridized carbons (Fsp3) is 0.150. The van der Waals surface area contributed by atoms with Gasteiger partial charge in [-0.05, 0) is 29.8 Å². The van der Waals surface area contributed by atoms with Crippen molar-refractivity contribution in [2.45, 2.75) is 5.92 Å². The molecular weight excluding hydrogens is 300 g/mol. The predicted octanol–water partition coefficient (Wildman–Crippen LogP) is 3.46. The number of anilines is 1. The van der Waals surface area contributed by atoms with E-state index in [0.717, 1.165) is 22.2 Å². The van der Waals surface area contributed by atoms with Gasteiger partial charge in [-0.15, -0.1) is 0 Å². The van der Waals surface area contributed by atoms with E-state index in [-0.39, 0.29) is 11.6 Å². The van der Waals surface area contributed by atoms with Gasteiger partial charge in [0.05, 0.1) is 5.52 Å². The maximum Gasteiger partial charge on any atom is 0.197 e. The van der Waals surface area contributed by atoms with Gasteiger partial charge in [0, 0.05) is 30.7 Å². The van der Waals surface area contributed by atoms with E-state index in [2.05, 4.69) is 4.98 Å². The number of rotatable bonds is 2. The van der Waals surface area contributed by atoms with Gasteiger partial charge in [-0.2, -0.15) is 0 Å². The summed E-state index contributed by atoms with van der Waals surface area (Å²) >= 11 is 0. The van der Waals surface area contributed by atoms with E-state index in [4.69, 9.17) is 0 Å². The van der Waals surface area contributed by atoms with Crippen molar-refractivity contribution in [1.29, 1.82) is 0 Å². The molecular formula is C20H16N2O2. The molecule has 1 aliphatic carbocycles. The summed E-state index contributed by atoms with van der Waals surface area (Å²) in [5.74, 6) is -1.15. The van der Waals surface area contributed by atoms with Crippen molar-refractivity contribution in [2.75, 3.05) is 19.0 Å². The Hall–Kier alpha value is -3.01. The van der Waals surface area contributed by atoms with Gasteiger partial charge in [0.15, 0.2) is 11.6 Å². The third-order valence-electron chi connectivity index (χ3n) is 4.49. The lowest BCUT2D eigenvalue weighted by Crippen LogP contribution is -2.14. The molecule has 4 nitrogen and oxygen atoms in total. The Bertz CT molecular complexity index is 920. The molecule has 0 saturated carbocycles. The lowest BCUT2D eigenvalue weighted by atomic mass is 9.94. The van der Waals surface area contributed by atoms with Gasteiger partial charge in [-0.3, -0.25) is 9.59 Å². The van der Waals surface area contributed by atoms with Crippen LogP contribution in [0.4, 0.5) is 5.69 Å². The number of Topliss-reactive ketones (excluding diaryl/α,β-unsaturated/α-hetero) is 2. The summed E-state index contributed by atoms with van der Waals surface area (Å²) in [6, 6.07) is 16.8. The zero-order chi connectivity index (χ0) is 16.8. The highest BCUT2D eigenvalue weighted by Gasteiger charge is 2.41. The molecule has 0 radical (unpaired) electrons. The molecule has 24 heavy (non-hydrogen) atoms. The fourth-order valence-corrected chi connectivity index (χ4v) is 3.17. The molecule has 1 atom stereocenters. The Balaban J connectivity index is 1.80. The monoisotopic (exact) mass is 316 g/mol. The molecule has 3 aromatic rings. The maximum absolute atomic E-state index is 12.8. The summed E-state index contributed by atoms with van der Waals surface area (Å²) < 4.78 is 0. The Labute approximate surface area is 139 Å². The number of carbonyl (C=O) groups excluding carboxylic acids is 2. The Kier molecular flexibility index (Phi) is 3.20. The molecule has 0 amide bonds.